The maximum atomic E-state index is 12.4. The predicted octanol–water partition coefficient (Wildman–Crippen LogP) is 5.33. The highest BCUT2D eigenvalue weighted by molar-refractivity contribution is 5.93. The first-order valence-corrected chi connectivity index (χ1v) is 12.4. The number of urea groups is 1. The molecule has 3 aromatic heterocycles. The molecule has 2 amide bonds. The van der Waals surface area contributed by atoms with Crippen molar-refractivity contribution in [1.82, 2.24) is 30.0 Å². The molecule has 11 nitrogen and oxygen atoms in total. The normalized spacial score (nSPS) is 12.5. The SMILES string of the molecule is COc1cnc(Nc2cc(NC(=O)N3CCCO3)ccc2C)c(-c2ncnc3nc[nH]c23)c1.c1ccccc1. The number of aromatic amines is 1. The van der Waals surface area contributed by atoms with E-state index in [0.29, 0.717) is 52.8 Å². The van der Waals surface area contributed by atoms with E-state index in [9.17, 15) is 4.79 Å². The molecule has 1 fully saturated rings. The Labute approximate surface area is 225 Å². The van der Waals surface area contributed by atoms with Gasteiger partial charge in [0.2, 0.25) is 0 Å². The van der Waals surface area contributed by atoms with Crippen molar-refractivity contribution in [3.05, 3.63) is 85.1 Å². The quantitative estimate of drug-likeness (QED) is 0.281. The van der Waals surface area contributed by atoms with Gasteiger partial charge in [0.15, 0.2) is 5.65 Å². The molecule has 0 unspecified atom stereocenters. The van der Waals surface area contributed by atoms with E-state index in [0.717, 1.165) is 17.7 Å². The molecule has 1 saturated heterocycles. The molecule has 198 valence electrons. The number of nitrogens with one attached hydrogen (secondary N) is 3. The predicted molar refractivity (Wildman–Crippen MR) is 149 cm³/mol. The van der Waals surface area contributed by atoms with Crippen LogP contribution in [0.25, 0.3) is 22.4 Å². The molecule has 0 bridgehead atoms. The van der Waals surface area contributed by atoms with Crippen molar-refractivity contribution in [2.24, 2.45) is 0 Å². The summed E-state index contributed by atoms with van der Waals surface area (Å²) >= 11 is 0. The Morgan fingerprint density at radius 2 is 1.85 bits per heavy atom. The summed E-state index contributed by atoms with van der Waals surface area (Å²) in [6, 6.07) is 19.2. The summed E-state index contributed by atoms with van der Waals surface area (Å²) in [5, 5.41) is 7.58. The number of carbonyl (C=O) groups excluding carboxylic acids is 1. The second-order valence-electron chi connectivity index (χ2n) is 8.62. The van der Waals surface area contributed by atoms with Crippen LogP contribution in [0.5, 0.6) is 5.75 Å². The number of benzene rings is 2. The van der Waals surface area contributed by atoms with Crippen LogP contribution in [0.4, 0.5) is 22.0 Å². The molecule has 1 aliphatic rings. The first kappa shape index (κ1) is 25.6. The van der Waals surface area contributed by atoms with Crippen LogP contribution >= 0.6 is 0 Å². The lowest BCUT2D eigenvalue weighted by atomic mass is 10.1. The summed E-state index contributed by atoms with van der Waals surface area (Å²) in [6.45, 7) is 3.09. The summed E-state index contributed by atoms with van der Waals surface area (Å²) in [7, 11) is 1.58. The van der Waals surface area contributed by atoms with Crippen LogP contribution in [-0.2, 0) is 4.84 Å². The Hall–Kier alpha value is -5.03. The zero-order chi connectivity index (χ0) is 27.0. The molecule has 6 rings (SSSR count). The molecule has 0 saturated carbocycles. The van der Waals surface area contributed by atoms with Crippen LogP contribution in [0, 0.1) is 6.92 Å². The molecule has 11 heteroatoms. The summed E-state index contributed by atoms with van der Waals surface area (Å²) in [6.07, 6.45) is 5.49. The molecule has 4 heterocycles. The molecule has 39 heavy (non-hydrogen) atoms. The molecule has 0 radical (unpaired) electrons. The number of pyridine rings is 1. The number of methoxy groups -OCH3 is 1. The highest BCUT2D eigenvalue weighted by Crippen LogP contribution is 2.34. The highest BCUT2D eigenvalue weighted by Gasteiger charge is 2.20. The molecular formula is C28H28N8O3. The van der Waals surface area contributed by atoms with Gasteiger partial charge in [0.25, 0.3) is 0 Å². The number of hydrogen-bond donors (Lipinski definition) is 3. The van der Waals surface area contributed by atoms with E-state index >= 15 is 0 Å². The number of carbonyl (C=O) groups is 1. The molecule has 0 atom stereocenters. The van der Waals surface area contributed by atoms with E-state index in [4.69, 9.17) is 9.57 Å². The summed E-state index contributed by atoms with van der Waals surface area (Å²) in [5.74, 6) is 1.16. The number of aromatic nitrogens is 5. The van der Waals surface area contributed by atoms with Crippen molar-refractivity contribution in [2.45, 2.75) is 13.3 Å². The van der Waals surface area contributed by atoms with Gasteiger partial charge in [-0.1, -0.05) is 42.5 Å². The fourth-order valence-electron chi connectivity index (χ4n) is 3.95. The van der Waals surface area contributed by atoms with Crippen LogP contribution in [-0.4, -0.2) is 56.3 Å². The van der Waals surface area contributed by atoms with Crippen LogP contribution in [0.3, 0.4) is 0 Å². The lowest BCUT2D eigenvalue weighted by Crippen LogP contribution is -2.31. The average Bonchev–Trinajstić information content (AvgIpc) is 3.69. The number of H-pyrrole nitrogens is 1. The van der Waals surface area contributed by atoms with Gasteiger partial charge in [0.1, 0.15) is 29.1 Å². The van der Waals surface area contributed by atoms with Gasteiger partial charge >= 0.3 is 6.03 Å². The molecule has 0 aliphatic carbocycles. The van der Waals surface area contributed by atoms with E-state index in [-0.39, 0.29) is 6.03 Å². The topological polar surface area (TPSA) is 130 Å². The monoisotopic (exact) mass is 524 g/mol. The molecule has 3 N–H and O–H groups in total. The zero-order valence-corrected chi connectivity index (χ0v) is 21.6. The Kier molecular flexibility index (Phi) is 7.89. The first-order valence-electron chi connectivity index (χ1n) is 12.4. The maximum absolute atomic E-state index is 12.4. The van der Waals surface area contributed by atoms with E-state index < -0.39 is 0 Å². The highest BCUT2D eigenvalue weighted by atomic mass is 16.7. The lowest BCUT2D eigenvalue weighted by Gasteiger charge is -2.17. The van der Waals surface area contributed by atoms with Crippen molar-refractivity contribution >= 4 is 34.4 Å². The van der Waals surface area contributed by atoms with E-state index in [1.54, 1.807) is 19.6 Å². The Bertz CT molecular complexity index is 1520. The smallest absolute Gasteiger partial charge is 0.345 e. The number of nitrogens with zero attached hydrogens (tertiary/aromatic N) is 5. The molecule has 1 aliphatic heterocycles. The van der Waals surface area contributed by atoms with Crippen LogP contribution in [0.1, 0.15) is 12.0 Å². The molecular weight excluding hydrogens is 496 g/mol. The summed E-state index contributed by atoms with van der Waals surface area (Å²) in [4.78, 5) is 38.2. The number of anilines is 3. The maximum Gasteiger partial charge on any atom is 0.345 e. The zero-order valence-electron chi connectivity index (χ0n) is 21.6. The number of imidazole rings is 1. The standard InChI is InChI=1S/C22H22N8O3.C6H6/c1-13-4-5-14(28-22(31)30-6-3-7-33-30)8-17(13)29-20-16(9-15(32-2)10-23-20)18-19-21(26-11-24-18)27-12-25-19;1-2-4-6-5-3-1/h4-5,8-12H,3,6-7H2,1-2H3,(H,23,29)(H,28,31)(H,24,25,26,27);1-6H. The third kappa shape index (κ3) is 6.11. The van der Waals surface area contributed by atoms with Crippen molar-refractivity contribution in [2.75, 3.05) is 30.9 Å². The van der Waals surface area contributed by atoms with Crippen LogP contribution in [0.15, 0.2) is 79.5 Å². The second kappa shape index (κ2) is 12.0. The third-order valence-corrected chi connectivity index (χ3v) is 5.96. The van der Waals surface area contributed by atoms with E-state index in [2.05, 4.69) is 35.6 Å². The van der Waals surface area contributed by atoms with Crippen molar-refractivity contribution in [1.29, 1.82) is 0 Å². The van der Waals surface area contributed by atoms with Crippen molar-refractivity contribution in [3.8, 4) is 17.0 Å². The van der Waals surface area contributed by atoms with Crippen LogP contribution in [0.2, 0.25) is 0 Å². The number of hydroxylamine groups is 2. The van der Waals surface area contributed by atoms with Gasteiger partial charge in [0, 0.05) is 16.9 Å². The van der Waals surface area contributed by atoms with E-state index in [1.165, 1.54) is 11.4 Å². The number of aryl methyl sites for hydroxylation is 1. The number of hydrogen-bond acceptors (Lipinski definition) is 8. The Morgan fingerprint density at radius 3 is 2.56 bits per heavy atom. The second-order valence-corrected chi connectivity index (χ2v) is 8.62. The number of amides is 2. The number of fused-ring (bicyclic) bond motifs is 1. The summed E-state index contributed by atoms with van der Waals surface area (Å²) in [5.41, 5.74) is 4.99. The van der Waals surface area contributed by atoms with Gasteiger partial charge in [-0.3, -0.25) is 4.84 Å². The minimum Gasteiger partial charge on any atom is -0.495 e. The fraction of sp³-hybridized carbons (Fsp3) is 0.179. The third-order valence-electron chi connectivity index (χ3n) is 5.96. The summed E-state index contributed by atoms with van der Waals surface area (Å²) < 4.78 is 5.39. The minimum absolute atomic E-state index is 0.298. The fourth-order valence-corrected chi connectivity index (χ4v) is 3.95. The van der Waals surface area contributed by atoms with Crippen molar-refractivity contribution in [3.63, 3.8) is 0 Å². The molecule has 2 aromatic carbocycles. The molecule has 5 aromatic rings. The van der Waals surface area contributed by atoms with Gasteiger partial charge in [-0.05, 0) is 37.1 Å². The van der Waals surface area contributed by atoms with Gasteiger partial charge in [0.05, 0.1) is 32.8 Å². The van der Waals surface area contributed by atoms with Gasteiger partial charge in [-0.15, -0.1) is 0 Å². The largest absolute Gasteiger partial charge is 0.495 e. The Balaban J connectivity index is 0.000000455. The minimum atomic E-state index is -0.298. The number of ether oxygens (including phenoxy) is 1. The molecule has 0 spiro atoms. The average molecular weight is 525 g/mol. The first-order chi connectivity index (χ1) is 19.1. The number of rotatable bonds is 5. The van der Waals surface area contributed by atoms with Gasteiger partial charge < -0.3 is 20.4 Å². The van der Waals surface area contributed by atoms with Crippen molar-refractivity contribution < 1.29 is 14.4 Å². The Morgan fingerprint density at radius 1 is 1.05 bits per heavy atom. The lowest BCUT2D eigenvalue weighted by molar-refractivity contribution is -0.0614. The van der Waals surface area contributed by atoms with Gasteiger partial charge in [-0.2, -0.15) is 0 Å². The van der Waals surface area contributed by atoms with Gasteiger partial charge in [-0.25, -0.2) is 29.8 Å². The van der Waals surface area contributed by atoms with Crippen LogP contribution < -0.4 is 15.4 Å². The van der Waals surface area contributed by atoms with E-state index in [1.807, 2.05) is 67.6 Å².